The molecule has 1 heterocycles. The van der Waals surface area contributed by atoms with E-state index in [0.29, 0.717) is 17.5 Å². The van der Waals surface area contributed by atoms with Crippen LogP contribution in [0.15, 0.2) is 9.95 Å². The predicted octanol–water partition coefficient (Wildman–Crippen LogP) is 0.526. The number of rotatable bonds is 8. The van der Waals surface area contributed by atoms with Crippen LogP contribution >= 0.6 is 11.8 Å². The molecule has 1 atom stereocenters. The molecule has 1 aliphatic rings. The normalized spacial score (nSPS) is 17.9. The van der Waals surface area contributed by atoms with E-state index in [0.717, 1.165) is 19.3 Å². The number of carboxylic acids is 1. The second-order valence-corrected chi connectivity index (χ2v) is 5.99. The number of thioether (sulfide) groups is 1. The third-order valence-electron chi connectivity index (χ3n) is 3.70. The number of carbonyl (C=O) groups is 1. The Morgan fingerprint density at radius 3 is 2.85 bits per heavy atom. The van der Waals surface area contributed by atoms with Gasteiger partial charge in [0.25, 0.3) is 0 Å². The van der Waals surface area contributed by atoms with Crippen LogP contribution in [-0.4, -0.2) is 44.2 Å². The number of nitrogens with one attached hydrogen (secondary N) is 2. The van der Waals surface area contributed by atoms with Crippen LogP contribution in [0, 0.1) is 5.92 Å². The molecule has 7 nitrogen and oxygen atoms in total. The molecular weight excluding hydrogens is 280 g/mol. The van der Waals surface area contributed by atoms with Gasteiger partial charge in [0.05, 0.1) is 0 Å². The smallest absolute Gasteiger partial charge is 0.343 e. The van der Waals surface area contributed by atoms with Crippen molar-refractivity contribution in [1.82, 2.24) is 20.1 Å². The SMILES string of the molecule is CCCn1c(SCC(NC)(C(=O)O)C2CC2)n[nH]c1=O. The summed E-state index contributed by atoms with van der Waals surface area (Å²) in [6, 6.07) is 0. The fourth-order valence-electron chi connectivity index (χ4n) is 2.33. The third-order valence-corrected chi connectivity index (χ3v) is 4.87. The van der Waals surface area contributed by atoms with Gasteiger partial charge in [-0.3, -0.25) is 9.36 Å². The molecule has 8 heteroatoms. The minimum absolute atomic E-state index is 0.155. The van der Waals surface area contributed by atoms with Crippen LogP contribution < -0.4 is 11.0 Å². The van der Waals surface area contributed by atoms with Crippen LogP contribution in [0.5, 0.6) is 0 Å². The zero-order valence-electron chi connectivity index (χ0n) is 11.7. The monoisotopic (exact) mass is 300 g/mol. The maximum atomic E-state index is 11.6. The van der Waals surface area contributed by atoms with Gasteiger partial charge in [0.2, 0.25) is 0 Å². The number of likely N-dealkylation sites (N-methyl/N-ethyl adjacent to an activating group) is 1. The highest BCUT2D eigenvalue weighted by Gasteiger charge is 2.50. The molecule has 1 unspecified atom stereocenters. The fraction of sp³-hybridized carbons (Fsp3) is 0.750. The molecule has 2 rings (SSSR count). The number of aliphatic carboxylic acids is 1. The van der Waals surface area contributed by atoms with Gasteiger partial charge in [-0.2, -0.15) is 0 Å². The molecule has 1 aromatic rings. The van der Waals surface area contributed by atoms with E-state index < -0.39 is 11.5 Å². The Morgan fingerprint density at radius 1 is 1.65 bits per heavy atom. The van der Waals surface area contributed by atoms with Gasteiger partial charge in [-0.05, 0) is 32.2 Å². The van der Waals surface area contributed by atoms with Crippen LogP contribution in [0.25, 0.3) is 0 Å². The Balaban J connectivity index is 2.14. The molecule has 0 spiro atoms. The first-order chi connectivity index (χ1) is 9.55. The third kappa shape index (κ3) is 2.76. The summed E-state index contributed by atoms with van der Waals surface area (Å²) >= 11 is 1.31. The van der Waals surface area contributed by atoms with Crippen molar-refractivity contribution in [3.05, 3.63) is 10.5 Å². The Kier molecular flexibility index (Phi) is 4.54. The average molecular weight is 300 g/mol. The van der Waals surface area contributed by atoms with Gasteiger partial charge in [-0.15, -0.1) is 5.10 Å². The summed E-state index contributed by atoms with van der Waals surface area (Å²) in [5.74, 6) is -0.324. The van der Waals surface area contributed by atoms with Gasteiger partial charge in [0, 0.05) is 12.3 Å². The maximum Gasteiger partial charge on any atom is 0.343 e. The standard InChI is InChI=1S/C12H20N4O3S/c1-3-6-16-10(19)14-15-11(16)20-7-12(13-2,9(17)18)8-4-5-8/h8,13H,3-7H2,1-2H3,(H,14,19)(H,17,18). The summed E-state index contributed by atoms with van der Waals surface area (Å²) in [5, 5.41) is 19.4. The summed E-state index contributed by atoms with van der Waals surface area (Å²) < 4.78 is 1.56. The van der Waals surface area contributed by atoms with Crippen molar-refractivity contribution < 1.29 is 9.90 Å². The van der Waals surface area contributed by atoms with Gasteiger partial charge < -0.3 is 10.4 Å². The molecule has 20 heavy (non-hydrogen) atoms. The first-order valence-electron chi connectivity index (χ1n) is 6.75. The maximum absolute atomic E-state index is 11.6. The second-order valence-electron chi connectivity index (χ2n) is 5.05. The first-order valence-corrected chi connectivity index (χ1v) is 7.74. The highest BCUT2D eigenvalue weighted by Crippen LogP contribution is 2.42. The van der Waals surface area contributed by atoms with Crippen LogP contribution in [-0.2, 0) is 11.3 Å². The molecule has 0 aliphatic heterocycles. The number of nitrogens with zero attached hydrogens (tertiary/aromatic N) is 2. The number of carboxylic acid groups (broad SMARTS) is 1. The topological polar surface area (TPSA) is 100 Å². The minimum Gasteiger partial charge on any atom is -0.480 e. The van der Waals surface area contributed by atoms with Crippen molar-refractivity contribution in [2.24, 2.45) is 5.92 Å². The lowest BCUT2D eigenvalue weighted by molar-refractivity contribution is -0.144. The van der Waals surface area contributed by atoms with Crippen LogP contribution in [0.4, 0.5) is 0 Å². The lowest BCUT2D eigenvalue weighted by Gasteiger charge is -2.28. The average Bonchev–Trinajstić information content (AvgIpc) is 3.20. The first kappa shape index (κ1) is 15.1. The predicted molar refractivity (Wildman–Crippen MR) is 76.0 cm³/mol. The van der Waals surface area contributed by atoms with Gasteiger partial charge in [0.15, 0.2) is 5.16 Å². The molecular formula is C12H20N4O3S. The Morgan fingerprint density at radius 2 is 2.35 bits per heavy atom. The number of H-pyrrole nitrogens is 1. The summed E-state index contributed by atoms with van der Waals surface area (Å²) in [5.41, 5.74) is -1.18. The van der Waals surface area contributed by atoms with E-state index in [9.17, 15) is 14.7 Å². The van der Waals surface area contributed by atoms with Gasteiger partial charge in [0.1, 0.15) is 5.54 Å². The molecule has 1 saturated carbocycles. The highest BCUT2D eigenvalue weighted by atomic mass is 32.2. The zero-order chi connectivity index (χ0) is 14.8. The molecule has 1 aromatic heterocycles. The number of hydrogen-bond donors (Lipinski definition) is 3. The number of aromatic amines is 1. The van der Waals surface area contributed by atoms with Crippen molar-refractivity contribution >= 4 is 17.7 Å². The Labute approximate surface area is 121 Å². The molecule has 112 valence electrons. The van der Waals surface area contributed by atoms with E-state index in [-0.39, 0.29) is 11.6 Å². The molecule has 1 fully saturated rings. The highest BCUT2D eigenvalue weighted by molar-refractivity contribution is 7.99. The largest absolute Gasteiger partial charge is 0.480 e. The molecule has 1 aliphatic carbocycles. The quantitative estimate of drug-likeness (QED) is 0.605. The van der Waals surface area contributed by atoms with Crippen LogP contribution in [0.2, 0.25) is 0 Å². The molecule has 3 N–H and O–H groups in total. The van der Waals surface area contributed by atoms with E-state index in [1.807, 2.05) is 6.92 Å². The Bertz CT molecular complexity index is 537. The molecule has 0 radical (unpaired) electrons. The van der Waals surface area contributed by atoms with Gasteiger partial charge >= 0.3 is 11.7 Å². The van der Waals surface area contributed by atoms with Crippen molar-refractivity contribution in [2.75, 3.05) is 12.8 Å². The van der Waals surface area contributed by atoms with E-state index in [2.05, 4.69) is 15.5 Å². The number of aromatic nitrogens is 3. The van der Waals surface area contributed by atoms with E-state index >= 15 is 0 Å². The summed E-state index contributed by atoms with van der Waals surface area (Å²) in [6.45, 7) is 2.56. The summed E-state index contributed by atoms with van der Waals surface area (Å²) in [7, 11) is 1.68. The van der Waals surface area contributed by atoms with Gasteiger partial charge in [-0.1, -0.05) is 18.7 Å². The Hall–Kier alpha value is -1.28. The number of hydrogen-bond acceptors (Lipinski definition) is 5. The second kappa shape index (κ2) is 6.01. The summed E-state index contributed by atoms with van der Waals surface area (Å²) in [6.07, 6.45) is 2.68. The summed E-state index contributed by atoms with van der Waals surface area (Å²) in [4.78, 5) is 23.2. The van der Waals surface area contributed by atoms with Crippen LogP contribution in [0.1, 0.15) is 26.2 Å². The lowest BCUT2D eigenvalue weighted by atomic mass is 9.96. The zero-order valence-corrected chi connectivity index (χ0v) is 12.5. The van der Waals surface area contributed by atoms with Crippen molar-refractivity contribution in [3.63, 3.8) is 0 Å². The molecule has 0 bridgehead atoms. The van der Waals surface area contributed by atoms with Gasteiger partial charge in [-0.25, -0.2) is 9.89 Å². The minimum atomic E-state index is -0.934. The lowest BCUT2D eigenvalue weighted by Crippen LogP contribution is -2.54. The molecule has 0 amide bonds. The van der Waals surface area contributed by atoms with E-state index in [1.165, 1.54) is 11.8 Å². The van der Waals surface area contributed by atoms with Crippen LogP contribution in [0.3, 0.4) is 0 Å². The molecule has 0 saturated heterocycles. The van der Waals surface area contributed by atoms with Crippen molar-refractivity contribution in [1.29, 1.82) is 0 Å². The van der Waals surface area contributed by atoms with E-state index in [4.69, 9.17) is 0 Å². The van der Waals surface area contributed by atoms with Crippen molar-refractivity contribution in [2.45, 2.75) is 43.4 Å². The van der Waals surface area contributed by atoms with Crippen molar-refractivity contribution in [3.8, 4) is 0 Å². The van der Waals surface area contributed by atoms with E-state index in [1.54, 1.807) is 11.6 Å². The fourth-order valence-corrected chi connectivity index (χ4v) is 3.63. The molecule has 0 aromatic carbocycles.